The quantitative estimate of drug-likeness (QED) is 0.697. The number of halogens is 1. The summed E-state index contributed by atoms with van der Waals surface area (Å²) in [5.74, 6) is -2.86. The molecule has 0 aliphatic heterocycles. The van der Waals surface area contributed by atoms with Crippen molar-refractivity contribution in [3.63, 3.8) is 0 Å². The van der Waals surface area contributed by atoms with Crippen LogP contribution < -0.4 is 0 Å². The van der Waals surface area contributed by atoms with Gasteiger partial charge in [0.1, 0.15) is 0 Å². The summed E-state index contributed by atoms with van der Waals surface area (Å²) in [4.78, 5) is 17.7. The molecule has 0 amide bonds. The molecule has 0 aliphatic rings. The van der Waals surface area contributed by atoms with Crippen molar-refractivity contribution in [1.82, 2.24) is 9.97 Å². The van der Waals surface area contributed by atoms with Crippen LogP contribution in [0.5, 0.6) is 0 Å². The summed E-state index contributed by atoms with van der Waals surface area (Å²) >= 11 is 0. The second-order valence-corrected chi connectivity index (χ2v) is 2.38. The van der Waals surface area contributed by atoms with Gasteiger partial charge in [0.05, 0.1) is 17.6 Å². The van der Waals surface area contributed by atoms with Crippen LogP contribution in [0.1, 0.15) is 11.4 Å². The van der Waals surface area contributed by atoms with E-state index < -0.39 is 11.8 Å². The van der Waals surface area contributed by atoms with Gasteiger partial charge in [0.2, 0.25) is 5.83 Å². The average Bonchev–Trinajstić information content (AvgIpc) is 2.04. The highest BCUT2D eigenvalue weighted by molar-refractivity contribution is 5.89. The molecule has 0 atom stereocenters. The number of hydrogen-bond acceptors (Lipinski definition) is 3. The first-order valence-corrected chi connectivity index (χ1v) is 3.49. The fourth-order valence-corrected chi connectivity index (χ4v) is 0.744. The van der Waals surface area contributed by atoms with E-state index in [1.165, 1.54) is 12.4 Å². The number of hydrogen-bond donors (Lipinski definition) is 1. The van der Waals surface area contributed by atoms with Gasteiger partial charge >= 0.3 is 5.97 Å². The Labute approximate surface area is 73.8 Å². The predicted molar refractivity (Wildman–Crippen MR) is 43.5 cm³/mol. The Morgan fingerprint density at radius 2 is 2.31 bits per heavy atom. The van der Waals surface area contributed by atoms with Crippen LogP contribution in [0.25, 0.3) is 6.08 Å². The van der Waals surface area contributed by atoms with Crippen LogP contribution in [0.2, 0.25) is 0 Å². The number of aryl methyl sites for hydroxylation is 1. The van der Waals surface area contributed by atoms with Crippen LogP contribution in [0.3, 0.4) is 0 Å². The predicted octanol–water partition coefficient (Wildman–Crippen LogP) is 1.18. The van der Waals surface area contributed by atoms with Gasteiger partial charge in [-0.15, -0.1) is 0 Å². The summed E-state index contributed by atoms with van der Waals surface area (Å²) in [5.41, 5.74) is 0.798. The normalized spacial score (nSPS) is 11.4. The van der Waals surface area contributed by atoms with Crippen molar-refractivity contribution in [3.8, 4) is 0 Å². The monoisotopic (exact) mass is 182 g/mol. The van der Waals surface area contributed by atoms with Gasteiger partial charge in [-0.05, 0) is 6.92 Å². The number of rotatable bonds is 2. The molecular formula is C8H7FN2O2. The van der Waals surface area contributed by atoms with Gasteiger partial charge in [-0.25, -0.2) is 4.79 Å². The van der Waals surface area contributed by atoms with E-state index in [4.69, 9.17) is 5.11 Å². The van der Waals surface area contributed by atoms with Crippen LogP contribution in [-0.4, -0.2) is 21.0 Å². The Balaban J connectivity index is 2.97. The van der Waals surface area contributed by atoms with E-state index in [0.717, 1.165) is 6.08 Å². The zero-order chi connectivity index (χ0) is 9.84. The van der Waals surface area contributed by atoms with E-state index >= 15 is 0 Å². The molecule has 68 valence electrons. The molecule has 1 heterocycles. The minimum Gasteiger partial charge on any atom is -0.476 e. The zero-order valence-corrected chi connectivity index (χ0v) is 6.86. The van der Waals surface area contributed by atoms with Gasteiger partial charge < -0.3 is 5.11 Å². The summed E-state index contributed by atoms with van der Waals surface area (Å²) in [5, 5.41) is 8.22. The third-order valence-corrected chi connectivity index (χ3v) is 1.25. The molecule has 0 aromatic carbocycles. The summed E-state index contributed by atoms with van der Waals surface area (Å²) in [7, 11) is 0. The highest BCUT2D eigenvalue weighted by atomic mass is 19.1. The first-order valence-electron chi connectivity index (χ1n) is 3.49. The molecule has 5 heteroatoms. The average molecular weight is 182 g/mol. The van der Waals surface area contributed by atoms with Crippen LogP contribution >= 0.6 is 0 Å². The summed E-state index contributed by atoms with van der Waals surface area (Å²) in [6, 6.07) is 0. The van der Waals surface area contributed by atoms with Crippen LogP contribution in [-0.2, 0) is 4.79 Å². The fourth-order valence-electron chi connectivity index (χ4n) is 0.744. The molecule has 1 aromatic heterocycles. The molecule has 0 fully saturated rings. The Morgan fingerprint density at radius 3 is 2.85 bits per heavy atom. The van der Waals surface area contributed by atoms with Gasteiger partial charge in [0, 0.05) is 12.3 Å². The zero-order valence-electron chi connectivity index (χ0n) is 6.86. The Hall–Kier alpha value is -1.78. The van der Waals surface area contributed by atoms with Crippen LogP contribution in [0, 0.1) is 6.92 Å². The highest BCUT2D eigenvalue weighted by Crippen LogP contribution is 2.04. The first kappa shape index (κ1) is 9.31. The Morgan fingerprint density at radius 1 is 1.62 bits per heavy atom. The first-order chi connectivity index (χ1) is 6.09. The molecule has 1 aromatic rings. The van der Waals surface area contributed by atoms with Crippen molar-refractivity contribution in [2.45, 2.75) is 6.92 Å². The number of carboxylic acid groups (broad SMARTS) is 1. The lowest BCUT2D eigenvalue weighted by Gasteiger charge is -1.93. The number of carbonyl (C=O) groups is 1. The lowest BCUT2D eigenvalue weighted by atomic mass is 10.3. The van der Waals surface area contributed by atoms with Crippen molar-refractivity contribution in [2.24, 2.45) is 0 Å². The van der Waals surface area contributed by atoms with E-state index in [-0.39, 0.29) is 5.69 Å². The number of aliphatic carboxylic acids is 1. The van der Waals surface area contributed by atoms with Gasteiger partial charge in [-0.1, -0.05) is 0 Å². The maximum Gasteiger partial charge on any atom is 0.364 e. The Bertz CT molecular complexity index is 363. The van der Waals surface area contributed by atoms with Crippen molar-refractivity contribution in [2.75, 3.05) is 0 Å². The standard InChI is InChI=1S/C8H7FN2O2/c1-5-3-10-4-6(11-5)2-7(9)8(12)13/h2-4H,1H3,(H,12,13)/b7-2+. The third kappa shape index (κ3) is 2.62. The molecule has 0 aliphatic carbocycles. The molecule has 0 spiro atoms. The lowest BCUT2D eigenvalue weighted by molar-refractivity contribution is -0.134. The number of carboxylic acids is 1. The molecule has 4 nitrogen and oxygen atoms in total. The topological polar surface area (TPSA) is 63.1 Å². The Kier molecular flexibility index (Phi) is 2.69. The second kappa shape index (κ2) is 3.75. The molecule has 1 rings (SSSR count). The van der Waals surface area contributed by atoms with Crippen molar-refractivity contribution < 1.29 is 14.3 Å². The van der Waals surface area contributed by atoms with Gasteiger partial charge in [0.25, 0.3) is 0 Å². The molecule has 13 heavy (non-hydrogen) atoms. The van der Waals surface area contributed by atoms with E-state index in [1.54, 1.807) is 6.92 Å². The summed E-state index contributed by atoms with van der Waals surface area (Å²) in [6.45, 7) is 1.68. The molecule has 0 bridgehead atoms. The van der Waals surface area contributed by atoms with Crippen molar-refractivity contribution in [3.05, 3.63) is 29.6 Å². The largest absolute Gasteiger partial charge is 0.476 e. The SMILES string of the molecule is Cc1cncc(/C=C(/F)C(=O)O)n1. The van der Waals surface area contributed by atoms with Gasteiger partial charge in [0.15, 0.2) is 0 Å². The van der Waals surface area contributed by atoms with E-state index in [1.807, 2.05) is 0 Å². The van der Waals surface area contributed by atoms with Crippen LogP contribution in [0.4, 0.5) is 4.39 Å². The van der Waals surface area contributed by atoms with Crippen molar-refractivity contribution >= 4 is 12.0 Å². The lowest BCUT2D eigenvalue weighted by Crippen LogP contribution is -1.95. The molecule has 0 saturated heterocycles. The van der Waals surface area contributed by atoms with Crippen molar-refractivity contribution in [1.29, 1.82) is 0 Å². The minimum atomic E-state index is -1.61. The van der Waals surface area contributed by atoms with E-state index in [9.17, 15) is 9.18 Å². The van der Waals surface area contributed by atoms with Crippen LogP contribution in [0.15, 0.2) is 18.2 Å². The van der Waals surface area contributed by atoms with Gasteiger partial charge in [-0.2, -0.15) is 4.39 Å². The maximum atomic E-state index is 12.5. The molecule has 0 unspecified atom stereocenters. The van der Waals surface area contributed by atoms with E-state index in [0.29, 0.717) is 5.69 Å². The third-order valence-electron chi connectivity index (χ3n) is 1.25. The molecular weight excluding hydrogens is 175 g/mol. The molecule has 1 N–H and O–H groups in total. The number of nitrogens with zero attached hydrogens (tertiary/aromatic N) is 2. The molecule has 0 saturated carbocycles. The van der Waals surface area contributed by atoms with E-state index in [2.05, 4.69) is 9.97 Å². The summed E-state index contributed by atoms with van der Waals surface area (Å²) in [6.07, 6.45) is 3.61. The smallest absolute Gasteiger partial charge is 0.364 e. The highest BCUT2D eigenvalue weighted by Gasteiger charge is 2.05. The maximum absolute atomic E-state index is 12.5. The fraction of sp³-hybridized carbons (Fsp3) is 0.125. The summed E-state index contributed by atoms with van der Waals surface area (Å²) < 4.78 is 12.5. The van der Waals surface area contributed by atoms with Gasteiger partial charge in [-0.3, -0.25) is 9.97 Å². The molecule has 0 radical (unpaired) electrons. The minimum absolute atomic E-state index is 0.194. The second-order valence-electron chi connectivity index (χ2n) is 2.38. The number of aromatic nitrogens is 2.